The zero-order valence-corrected chi connectivity index (χ0v) is 11.5. The van der Waals surface area contributed by atoms with Crippen molar-refractivity contribution in [2.24, 2.45) is 0 Å². The Hall–Kier alpha value is -0.680. The summed E-state index contributed by atoms with van der Waals surface area (Å²) in [4.78, 5) is 13.3. The Morgan fingerprint density at radius 3 is 2.59 bits per heavy atom. The summed E-state index contributed by atoms with van der Waals surface area (Å²) in [5, 5.41) is 0.243. The fraction of sp³-hybridized carbons (Fsp3) is 0.364. The Morgan fingerprint density at radius 1 is 1.41 bits per heavy atom. The Labute approximate surface area is 112 Å². The van der Waals surface area contributed by atoms with Gasteiger partial charge in [0.1, 0.15) is 11.6 Å². The van der Waals surface area contributed by atoms with E-state index >= 15 is 0 Å². The maximum Gasteiger partial charge on any atom is 0.256 e. The quantitative estimate of drug-likeness (QED) is 0.613. The molecule has 0 bridgehead atoms. The molecule has 0 spiro atoms. The number of halogens is 4. The molecule has 0 saturated carbocycles. The Kier molecular flexibility index (Phi) is 5.33. The normalized spacial score (nSPS) is 10.4. The molecular formula is C11H11BrClF2NO. The molecule has 0 unspecified atom stereocenters. The first-order chi connectivity index (χ1) is 8.01. The third-order valence-corrected chi connectivity index (χ3v) is 2.91. The van der Waals surface area contributed by atoms with Crippen molar-refractivity contribution in [1.29, 1.82) is 0 Å². The van der Waals surface area contributed by atoms with Crippen LogP contribution in [0.1, 0.15) is 17.3 Å². The molecule has 1 aromatic carbocycles. The fourth-order valence-electron chi connectivity index (χ4n) is 1.36. The van der Waals surface area contributed by atoms with Gasteiger partial charge in [-0.25, -0.2) is 8.78 Å². The van der Waals surface area contributed by atoms with Crippen LogP contribution in [0, 0.1) is 11.6 Å². The lowest BCUT2D eigenvalue weighted by atomic mass is 10.1. The lowest BCUT2D eigenvalue weighted by Gasteiger charge is -2.20. The van der Waals surface area contributed by atoms with Crippen LogP contribution in [0.2, 0.25) is 5.02 Å². The van der Waals surface area contributed by atoms with Crippen molar-refractivity contribution in [1.82, 2.24) is 4.90 Å². The van der Waals surface area contributed by atoms with E-state index in [0.29, 0.717) is 18.4 Å². The Morgan fingerprint density at radius 2 is 2.06 bits per heavy atom. The SMILES string of the molecule is CCN(CCBr)C(=O)c1cc(F)c(Cl)cc1F. The minimum absolute atomic E-state index is 0.297. The number of amides is 1. The van der Waals surface area contributed by atoms with Gasteiger partial charge in [-0.1, -0.05) is 27.5 Å². The maximum atomic E-state index is 13.5. The second-order valence-electron chi connectivity index (χ2n) is 3.32. The van der Waals surface area contributed by atoms with Gasteiger partial charge in [0.05, 0.1) is 10.6 Å². The smallest absolute Gasteiger partial charge is 0.256 e. The molecule has 0 aliphatic heterocycles. The van der Waals surface area contributed by atoms with Crippen LogP contribution in [0.25, 0.3) is 0 Å². The van der Waals surface area contributed by atoms with E-state index in [2.05, 4.69) is 15.9 Å². The molecule has 0 aliphatic carbocycles. The highest BCUT2D eigenvalue weighted by atomic mass is 79.9. The van der Waals surface area contributed by atoms with Crippen LogP contribution < -0.4 is 0 Å². The van der Waals surface area contributed by atoms with Crippen molar-refractivity contribution in [3.63, 3.8) is 0 Å². The van der Waals surface area contributed by atoms with Gasteiger partial charge < -0.3 is 4.90 Å². The van der Waals surface area contributed by atoms with Crippen molar-refractivity contribution in [3.8, 4) is 0 Å². The average Bonchev–Trinajstić information content (AvgIpc) is 2.30. The lowest BCUT2D eigenvalue weighted by molar-refractivity contribution is 0.0769. The molecule has 0 atom stereocenters. The monoisotopic (exact) mass is 325 g/mol. The molecule has 0 aliphatic rings. The van der Waals surface area contributed by atoms with Crippen LogP contribution >= 0.6 is 27.5 Å². The van der Waals surface area contributed by atoms with E-state index in [-0.39, 0.29) is 10.6 Å². The topological polar surface area (TPSA) is 20.3 Å². The van der Waals surface area contributed by atoms with Gasteiger partial charge >= 0.3 is 0 Å². The molecule has 6 heteroatoms. The fourth-order valence-corrected chi connectivity index (χ4v) is 1.94. The highest BCUT2D eigenvalue weighted by Crippen LogP contribution is 2.20. The molecular weight excluding hydrogens is 315 g/mol. The zero-order valence-electron chi connectivity index (χ0n) is 9.14. The summed E-state index contributed by atoms with van der Waals surface area (Å²) in [6, 6.07) is 1.64. The second-order valence-corrected chi connectivity index (χ2v) is 4.52. The molecule has 1 aromatic rings. The number of carbonyl (C=O) groups excluding carboxylic acids is 1. The van der Waals surface area contributed by atoms with E-state index in [9.17, 15) is 13.6 Å². The van der Waals surface area contributed by atoms with E-state index < -0.39 is 17.5 Å². The van der Waals surface area contributed by atoms with Gasteiger partial charge in [-0.2, -0.15) is 0 Å². The highest BCUT2D eigenvalue weighted by Gasteiger charge is 2.19. The van der Waals surface area contributed by atoms with Gasteiger partial charge in [-0.05, 0) is 19.1 Å². The molecule has 0 saturated heterocycles. The largest absolute Gasteiger partial charge is 0.338 e. The Bertz CT molecular complexity index is 428. The van der Waals surface area contributed by atoms with Crippen molar-refractivity contribution < 1.29 is 13.6 Å². The van der Waals surface area contributed by atoms with Gasteiger partial charge in [0.15, 0.2) is 0 Å². The van der Waals surface area contributed by atoms with E-state index in [1.165, 1.54) is 4.90 Å². The summed E-state index contributed by atoms with van der Waals surface area (Å²) in [5.74, 6) is -2.15. The van der Waals surface area contributed by atoms with Crippen LogP contribution in [0.4, 0.5) is 8.78 Å². The van der Waals surface area contributed by atoms with Crippen LogP contribution in [-0.4, -0.2) is 29.2 Å². The van der Waals surface area contributed by atoms with Crippen LogP contribution in [0.5, 0.6) is 0 Å². The van der Waals surface area contributed by atoms with Crippen LogP contribution in [0.15, 0.2) is 12.1 Å². The minimum atomic E-state index is -0.811. The first kappa shape index (κ1) is 14.4. The van der Waals surface area contributed by atoms with E-state index in [4.69, 9.17) is 11.6 Å². The minimum Gasteiger partial charge on any atom is -0.338 e. The predicted octanol–water partition coefficient (Wildman–Crippen LogP) is 3.48. The maximum absolute atomic E-state index is 13.5. The summed E-state index contributed by atoms with van der Waals surface area (Å²) in [6.45, 7) is 2.62. The molecule has 0 fully saturated rings. The first-order valence-electron chi connectivity index (χ1n) is 5.01. The van der Waals surface area contributed by atoms with Gasteiger partial charge in [0.25, 0.3) is 5.91 Å². The molecule has 1 amide bonds. The molecule has 17 heavy (non-hydrogen) atoms. The van der Waals surface area contributed by atoms with Gasteiger partial charge in [-0.3, -0.25) is 4.79 Å². The summed E-state index contributed by atoms with van der Waals surface area (Å²) in [6.07, 6.45) is 0. The number of alkyl halides is 1. The number of hydrogen-bond acceptors (Lipinski definition) is 1. The van der Waals surface area contributed by atoms with Gasteiger partial charge in [-0.15, -0.1) is 0 Å². The van der Waals surface area contributed by atoms with Crippen LogP contribution in [-0.2, 0) is 0 Å². The predicted molar refractivity (Wildman–Crippen MR) is 66.7 cm³/mol. The van der Waals surface area contributed by atoms with E-state index in [1.807, 2.05) is 0 Å². The first-order valence-corrected chi connectivity index (χ1v) is 6.51. The third-order valence-electron chi connectivity index (χ3n) is 2.26. The number of benzene rings is 1. The summed E-state index contributed by atoms with van der Waals surface area (Å²) < 4.78 is 26.7. The zero-order chi connectivity index (χ0) is 13.0. The standard InChI is InChI=1S/C11H11BrClF2NO/c1-2-16(4-3-12)11(17)7-5-10(15)8(13)6-9(7)14/h5-6H,2-4H2,1H3. The molecule has 94 valence electrons. The second kappa shape index (κ2) is 6.31. The number of hydrogen-bond donors (Lipinski definition) is 0. The lowest BCUT2D eigenvalue weighted by Crippen LogP contribution is -2.33. The summed E-state index contributed by atoms with van der Waals surface area (Å²) >= 11 is 8.61. The molecule has 0 heterocycles. The van der Waals surface area contributed by atoms with Crippen molar-refractivity contribution in [2.75, 3.05) is 18.4 Å². The van der Waals surface area contributed by atoms with Crippen LogP contribution in [0.3, 0.4) is 0 Å². The van der Waals surface area contributed by atoms with Crippen molar-refractivity contribution >= 4 is 33.4 Å². The van der Waals surface area contributed by atoms with Crippen molar-refractivity contribution in [2.45, 2.75) is 6.92 Å². The highest BCUT2D eigenvalue weighted by molar-refractivity contribution is 9.09. The number of nitrogens with zero attached hydrogens (tertiary/aromatic N) is 1. The molecule has 2 nitrogen and oxygen atoms in total. The Balaban J connectivity index is 3.07. The molecule has 0 N–H and O–H groups in total. The number of carbonyl (C=O) groups is 1. The molecule has 0 aromatic heterocycles. The summed E-state index contributed by atoms with van der Waals surface area (Å²) in [7, 11) is 0. The van der Waals surface area contributed by atoms with Gasteiger partial charge in [0, 0.05) is 18.4 Å². The average molecular weight is 327 g/mol. The van der Waals surface area contributed by atoms with E-state index in [0.717, 1.165) is 12.1 Å². The van der Waals surface area contributed by atoms with E-state index in [1.54, 1.807) is 6.92 Å². The summed E-state index contributed by atoms with van der Waals surface area (Å²) in [5.41, 5.74) is -0.297. The third kappa shape index (κ3) is 3.39. The van der Waals surface area contributed by atoms with Gasteiger partial charge in [0.2, 0.25) is 0 Å². The molecule has 0 radical (unpaired) electrons. The molecule has 1 rings (SSSR count). The van der Waals surface area contributed by atoms with Crippen molar-refractivity contribution in [3.05, 3.63) is 34.4 Å². The number of rotatable bonds is 4.